The van der Waals surface area contributed by atoms with Gasteiger partial charge in [0, 0.05) is 66.2 Å². The van der Waals surface area contributed by atoms with E-state index in [2.05, 4.69) is 91.8 Å². The first-order valence-corrected chi connectivity index (χ1v) is 30.2. The molecule has 12 aromatic rings. The topological polar surface area (TPSA) is 38.5 Å². The maximum atomic E-state index is 10.4. The third-order valence-electron chi connectivity index (χ3n) is 17.8. The van der Waals surface area contributed by atoms with E-state index >= 15 is 0 Å². The molecule has 2 aromatic heterocycles. The molecule has 430 valence electrons. The number of hydrogen-bond acceptors (Lipinski definition) is 4. The predicted octanol–water partition coefficient (Wildman–Crippen LogP) is 21.5. The summed E-state index contributed by atoms with van der Waals surface area (Å²) in [5.41, 5.74) is 14.1. The summed E-state index contributed by atoms with van der Waals surface area (Å²) in [4.78, 5) is 9.53. The first-order chi connectivity index (χ1) is 45.4. The van der Waals surface area contributed by atoms with Crippen LogP contribution in [0.2, 0.25) is 0 Å². The third-order valence-corrected chi connectivity index (χ3v) is 17.8. The van der Waals surface area contributed by atoms with Gasteiger partial charge in [-0.3, -0.25) is 0 Å². The Balaban J connectivity index is 0.00000778. The van der Waals surface area contributed by atoms with Gasteiger partial charge >= 0.3 is 0 Å². The van der Waals surface area contributed by atoms with E-state index in [9.17, 15) is 5.48 Å². The molecule has 0 saturated heterocycles. The molecule has 7 heteroatoms. The Bertz CT molecular complexity index is 4830. The van der Waals surface area contributed by atoms with Gasteiger partial charge in [0.05, 0.1) is 19.3 Å². The summed E-state index contributed by atoms with van der Waals surface area (Å²) < 4.78 is 93.7. The summed E-state index contributed by atoms with van der Waals surface area (Å²) in [6.45, 7) is 6.46. The van der Waals surface area contributed by atoms with Gasteiger partial charge in [0.25, 0.3) is 0 Å². The monoisotopic (exact) mass is 1310 g/mol. The molecule has 2 fully saturated rings. The molecule has 1 aliphatic heterocycles. The van der Waals surface area contributed by atoms with E-state index in [1.54, 1.807) is 36.4 Å². The zero-order valence-corrected chi connectivity index (χ0v) is 50.8. The minimum Gasteiger partial charge on any atom is -0.509 e. The van der Waals surface area contributed by atoms with Gasteiger partial charge in [-0.15, -0.1) is 53.6 Å². The van der Waals surface area contributed by atoms with E-state index in [1.165, 1.54) is 65.5 Å². The molecule has 6 nitrogen and oxygen atoms in total. The van der Waals surface area contributed by atoms with E-state index in [1.807, 2.05) is 97.1 Å². The van der Waals surface area contributed by atoms with Gasteiger partial charge in [0.1, 0.15) is 0 Å². The van der Waals surface area contributed by atoms with Gasteiger partial charge in [-0.2, -0.15) is 6.07 Å². The molecule has 0 spiro atoms. The van der Waals surface area contributed by atoms with E-state index in [-0.39, 0.29) is 84.5 Å². The number of aromatic nitrogens is 3. The van der Waals surface area contributed by atoms with Crippen molar-refractivity contribution in [1.29, 1.82) is 0 Å². The molecule has 0 bridgehead atoms. The summed E-state index contributed by atoms with van der Waals surface area (Å²) in [6, 6.07) is 63.5. The summed E-state index contributed by atoms with van der Waals surface area (Å²) in [7, 11) is 0. The summed E-state index contributed by atoms with van der Waals surface area (Å²) in [5, 5.41) is 0.543. The number of para-hydroxylation sites is 5. The van der Waals surface area contributed by atoms with Crippen molar-refractivity contribution in [2.24, 2.45) is 6.98 Å². The number of ether oxygens (including phenoxy) is 1. The van der Waals surface area contributed by atoms with Gasteiger partial charge in [-0.25, -0.2) is 4.98 Å². The second kappa shape index (κ2) is 23.1. The van der Waals surface area contributed by atoms with Crippen LogP contribution in [-0.2, 0) is 33.5 Å². The van der Waals surface area contributed by atoms with Crippen molar-refractivity contribution in [3.8, 4) is 62.0 Å². The minimum atomic E-state index is -2.78. The van der Waals surface area contributed by atoms with Crippen LogP contribution in [0.4, 0.5) is 22.7 Å². The van der Waals surface area contributed by atoms with Crippen LogP contribution < -0.4 is 14.5 Å². The second-order valence-corrected chi connectivity index (χ2v) is 24.2. The van der Waals surface area contributed by atoms with Gasteiger partial charge in [0.15, 0.2) is 0 Å². The van der Waals surface area contributed by atoms with E-state index in [0.717, 1.165) is 58.3 Å². The Morgan fingerprint density at radius 1 is 0.558 bits per heavy atom. The van der Waals surface area contributed by atoms with Crippen molar-refractivity contribution >= 4 is 55.6 Å². The zero-order valence-electron chi connectivity index (χ0n) is 57.5. The molecule has 3 aliphatic rings. The number of aryl methyl sites for hydroxylation is 1. The smallest absolute Gasteiger partial charge is 0.213 e. The fraction of sp³-hybridized carbons (Fsp3) is 0.215. The molecule has 0 atom stereocenters. The van der Waals surface area contributed by atoms with Crippen molar-refractivity contribution < 1.29 is 38.1 Å². The molecule has 0 unspecified atom stereocenters. The fourth-order valence-corrected chi connectivity index (χ4v) is 13.6. The standard InChI is InChI=1S/C79H70N5O.Pt/c1-79(2,3)60-48-68(56-32-16-8-17-33-56)77(69(49-60)57-34-18-9-19-35-57)83-52-82(73-40-24-25-41-74(73)83)61-44-59(76-66(54-28-12-6-13-29-54)46-58(53-26-10-5-11-27-53)47-67(76)55-30-14-7-15-31-55)45-63(50-61)85-62-42-43-65-64-36-20-22-38-71(64)84(75(65)51-62)78-80-70-37-21-23-39-72(70)81(78)4;/h5-7,10-15,20-31,36-49,52,56-57H,8-9,16-19,32-35H2,1-4H3;/q-3;/i4D3,20D,22D,36D,38D,46D,47D;. The third kappa shape index (κ3) is 10.1. The summed E-state index contributed by atoms with van der Waals surface area (Å²) in [6.07, 6.45) is 11.7. The van der Waals surface area contributed by atoms with Crippen LogP contribution in [0.25, 0.3) is 83.3 Å². The number of imidazole rings is 1. The summed E-state index contributed by atoms with van der Waals surface area (Å²) >= 11 is 0. The van der Waals surface area contributed by atoms with E-state index in [0.29, 0.717) is 61.8 Å². The molecule has 0 amide bonds. The van der Waals surface area contributed by atoms with Crippen molar-refractivity contribution in [2.75, 3.05) is 9.80 Å². The fourth-order valence-electron chi connectivity index (χ4n) is 13.6. The van der Waals surface area contributed by atoms with Crippen molar-refractivity contribution in [3.05, 3.63) is 248 Å². The van der Waals surface area contributed by atoms with Crippen LogP contribution >= 0.6 is 0 Å². The van der Waals surface area contributed by atoms with Crippen LogP contribution in [0.1, 0.15) is 126 Å². The molecule has 10 aromatic carbocycles. The van der Waals surface area contributed by atoms with Gasteiger partial charge in [-0.05, 0) is 146 Å². The van der Waals surface area contributed by atoms with Crippen LogP contribution in [-0.4, -0.2) is 14.1 Å². The Morgan fingerprint density at radius 3 is 1.77 bits per heavy atom. The SMILES string of the molecule is [2H]c1c(-c2ccccc2)c([2H])c(-c2ccccc2)c(-c2cc(Oc3[c-]c4c(cc3)c3c([2H])c([2H])c([2H])c([2H])c3n4-c3nc4ccccc4n3C([2H])([2H])[2H])[c-]c(N3[CH-]N(c4c(C5CCCCC5)cc(C(C)(C)C)cc4C4CCCCC4)c4ccccc43)c2)c1-c1ccccc1.[Pt]. The quantitative estimate of drug-likeness (QED) is 0.121. The minimum absolute atomic E-state index is 0. The van der Waals surface area contributed by atoms with Gasteiger partial charge in [0.2, 0.25) is 5.95 Å². The van der Waals surface area contributed by atoms with E-state index < -0.39 is 19.1 Å². The second-order valence-electron chi connectivity index (χ2n) is 24.2. The normalized spacial score (nSPS) is 16.6. The van der Waals surface area contributed by atoms with E-state index in [4.69, 9.17) is 16.6 Å². The van der Waals surface area contributed by atoms with Gasteiger partial charge < -0.3 is 23.7 Å². The molecule has 3 heterocycles. The first-order valence-electron chi connectivity index (χ1n) is 34.7. The Labute approximate surface area is 533 Å². The molecule has 2 aliphatic carbocycles. The number of benzene rings is 10. The number of hydrogen-bond donors (Lipinski definition) is 0. The molecule has 2 saturated carbocycles. The van der Waals surface area contributed by atoms with Crippen LogP contribution in [0.15, 0.2) is 212 Å². The molecule has 15 rings (SSSR count). The molecule has 0 radical (unpaired) electrons. The Hall–Kier alpha value is -8.44. The molecular weight excluding hydrogens is 1230 g/mol. The molecule has 86 heavy (non-hydrogen) atoms. The van der Waals surface area contributed by atoms with Crippen molar-refractivity contribution in [3.63, 3.8) is 0 Å². The van der Waals surface area contributed by atoms with Crippen molar-refractivity contribution in [2.45, 2.75) is 102 Å². The number of fused-ring (bicyclic) bond motifs is 5. The molecular formula is C79H70N5OPt-3. The maximum absolute atomic E-state index is 10.4. The number of anilines is 4. The Morgan fingerprint density at radius 2 is 1.14 bits per heavy atom. The maximum Gasteiger partial charge on any atom is 0.213 e. The average molecular weight is 1310 g/mol. The number of rotatable bonds is 11. The Kier molecular flexibility index (Phi) is 12.3. The van der Waals surface area contributed by atoms with Crippen LogP contribution in [0.5, 0.6) is 11.5 Å². The predicted molar refractivity (Wildman–Crippen MR) is 353 cm³/mol. The first kappa shape index (κ1) is 45.9. The average Bonchev–Trinajstić information content (AvgIpc) is 1.62. The molecule has 0 N–H and O–H groups in total. The largest absolute Gasteiger partial charge is 0.509 e. The zero-order chi connectivity index (χ0) is 64.9. The van der Waals surface area contributed by atoms with Gasteiger partial charge in [-0.1, -0.05) is 210 Å². The summed E-state index contributed by atoms with van der Waals surface area (Å²) in [5.74, 6) is 1.08. The van der Waals surface area contributed by atoms with Crippen LogP contribution in [0.3, 0.4) is 0 Å². The number of nitrogens with zero attached hydrogens (tertiary/aromatic N) is 5. The van der Waals surface area contributed by atoms with Crippen LogP contribution in [0, 0.1) is 18.8 Å². The van der Waals surface area contributed by atoms with Crippen molar-refractivity contribution in [1.82, 2.24) is 14.1 Å².